The predicted octanol–water partition coefficient (Wildman–Crippen LogP) is 3.65. The molecule has 0 aliphatic heterocycles. The summed E-state index contributed by atoms with van der Waals surface area (Å²) in [5.74, 6) is 2.77. The van der Waals surface area contributed by atoms with Crippen molar-refractivity contribution in [3.05, 3.63) is 30.1 Å². The molecule has 1 fully saturated rings. The number of H-pyrrole nitrogens is 1. The third-order valence-corrected chi connectivity index (χ3v) is 4.42. The van der Waals surface area contributed by atoms with Crippen LogP contribution in [0.1, 0.15) is 45.5 Å². The van der Waals surface area contributed by atoms with Gasteiger partial charge in [0.05, 0.1) is 17.1 Å². The number of aromatic amines is 1. The van der Waals surface area contributed by atoms with Crippen molar-refractivity contribution in [3.63, 3.8) is 0 Å². The maximum absolute atomic E-state index is 4.66. The Morgan fingerprint density at radius 1 is 1.21 bits per heavy atom. The van der Waals surface area contributed by atoms with Gasteiger partial charge in [-0.1, -0.05) is 26.0 Å². The van der Waals surface area contributed by atoms with Crippen LogP contribution < -0.4 is 5.32 Å². The molecule has 19 heavy (non-hydrogen) atoms. The average Bonchev–Trinajstić information content (AvgIpc) is 2.76. The molecule has 102 valence electrons. The van der Waals surface area contributed by atoms with E-state index in [1.165, 1.54) is 12.8 Å². The first-order chi connectivity index (χ1) is 9.13. The lowest BCUT2D eigenvalue weighted by Gasteiger charge is -2.39. The first-order valence-corrected chi connectivity index (χ1v) is 7.34. The average molecular weight is 257 g/mol. The van der Waals surface area contributed by atoms with Gasteiger partial charge in [0, 0.05) is 6.04 Å². The molecular formula is C16H23N3. The largest absolute Gasteiger partial charge is 0.341 e. The zero-order valence-corrected chi connectivity index (χ0v) is 12.0. The molecule has 1 atom stereocenters. The van der Waals surface area contributed by atoms with Gasteiger partial charge >= 0.3 is 0 Å². The molecule has 2 N–H and O–H groups in total. The first-order valence-electron chi connectivity index (χ1n) is 7.34. The SMILES string of the molecule is CC(NC1CC(C(C)C)C1)c1nc2ccccc2[nH]1. The van der Waals surface area contributed by atoms with E-state index in [0.29, 0.717) is 12.1 Å². The molecule has 1 saturated carbocycles. The normalized spacial score (nSPS) is 24.6. The number of hydrogen-bond donors (Lipinski definition) is 2. The van der Waals surface area contributed by atoms with Crippen LogP contribution >= 0.6 is 0 Å². The summed E-state index contributed by atoms with van der Waals surface area (Å²) in [7, 11) is 0. The van der Waals surface area contributed by atoms with Crippen LogP contribution in [0.25, 0.3) is 11.0 Å². The van der Waals surface area contributed by atoms with Crippen LogP contribution in [0.15, 0.2) is 24.3 Å². The molecule has 1 aromatic carbocycles. The molecule has 1 heterocycles. The van der Waals surface area contributed by atoms with Crippen molar-refractivity contribution in [3.8, 4) is 0 Å². The number of imidazole rings is 1. The highest BCUT2D eigenvalue weighted by molar-refractivity contribution is 5.74. The number of nitrogens with one attached hydrogen (secondary N) is 2. The van der Waals surface area contributed by atoms with E-state index < -0.39 is 0 Å². The van der Waals surface area contributed by atoms with Crippen LogP contribution in [0, 0.1) is 11.8 Å². The highest BCUT2D eigenvalue weighted by Gasteiger charge is 2.32. The van der Waals surface area contributed by atoms with Gasteiger partial charge in [-0.25, -0.2) is 4.98 Å². The number of para-hydroxylation sites is 2. The number of aromatic nitrogens is 2. The van der Waals surface area contributed by atoms with E-state index in [1.807, 2.05) is 12.1 Å². The highest BCUT2D eigenvalue weighted by Crippen LogP contribution is 2.34. The fourth-order valence-corrected chi connectivity index (χ4v) is 2.95. The maximum Gasteiger partial charge on any atom is 0.124 e. The summed E-state index contributed by atoms with van der Waals surface area (Å²) in [4.78, 5) is 8.07. The number of nitrogens with zero attached hydrogens (tertiary/aromatic N) is 1. The minimum Gasteiger partial charge on any atom is -0.341 e. The van der Waals surface area contributed by atoms with E-state index in [-0.39, 0.29) is 0 Å². The fourth-order valence-electron chi connectivity index (χ4n) is 2.95. The lowest BCUT2D eigenvalue weighted by atomic mass is 9.73. The molecule has 1 aliphatic carbocycles. The van der Waals surface area contributed by atoms with Gasteiger partial charge < -0.3 is 10.3 Å². The van der Waals surface area contributed by atoms with Crippen molar-refractivity contribution in [2.24, 2.45) is 11.8 Å². The van der Waals surface area contributed by atoms with Crippen LogP contribution in [0.5, 0.6) is 0 Å². The summed E-state index contributed by atoms with van der Waals surface area (Å²) in [5.41, 5.74) is 2.18. The summed E-state index contributed by atoms with van der Waals surface area (Å²) < 4.78 is 0. The van der Waals surface area contributed by atoms with E-state index in [0.717, 1.165) is 28.7 Å². The van der Waals surface area contributed by atoms with Crippen molar-refractivity contribution < 1.29 is 0 Å². The van der Waals surface area contributed by atoms with E-state index in [2.05, 4.69) is 48.2 Å². The molecule has 1 unspecified atom stereocenters. The van der Waals surface area contributed by atoms with Gasteiger partial charge in [0.15, 0.2) is 0 Å². The van der Waals surface area contributed by atoms with E-state index >= 15 is 0 Å². The van der Waals surface area contributed by atoms with Crippen molar-refractivity contribution in [1.82, 2.24) is 15.3 Å². The van der Waals surface area contributed by atoms with Crippen LogP contribution in [0.2, 0.25) is 0 Å². The monoisotopic (exact) mass is 257 g/mol. The maximum atomic E-state index is 4.66. The Bertz CT molecular complexity index is 519. The molecule has 1 aromatic heterocycles. The van der Waals surface area contributed by atoms with Gasteiger partial charge in [-0.2, -0.15) is 0 Å². The zero-order valence-electron chi connectivity index (χ0n) is 12.0. The van der Waals surface area contributed by atoms with Gasteiger partial charge in [0.25, 0.3) is 0 Å². The van der Waals surface area contributed by atoms with Gasteiger partial charge in [-0.05, 0) is 43.7 Å². The van der Waals surface area contributed by atoms with Crippen LogP contribution in [-0.2, 0) is 0 Å². The standard InChI is InChI=1S/C16H23N3/c1-10(2)12-8-13(9-12)17-11(3)16-18-14-6-4-5-7-15(14)19-16/h4-7,10-13,17H,8-9H2,1-3H3,(H,18,19). The Morgan fingerprint density at radius 2 is 1.95 bits per heavy atom. The van der Waals surface area contributed by atoms with Crippen LogP contribution in [-0.4, -0.2) is 16.0 Å². The second kappa shape index (κ2) is 4.97. The molecule has 0 bridgehead atoms. The van der Waals surface area contributed by atoms with Crippen molar-refractivity contribution in [2.45, 2.75) is 45.7 Å². The van der Waals surface area contributed by atoms with Crippen molar-refractivity contribution in [2.75, 3.05) is 0 Å². The molecule has 2 aromatic rings. The Morgan fingerprint density at radius 3 is 2.63 bits per heavy atom. The minimum atomic E-state index is 0.297. The van der Waals surface area contributed by atoms with E-state index in [9.17, 15) is 0 Å². The van der Waals surface area contributed by atoms with Gasteiger partial charge in [-0.3, -0.25) is 0 Å². The van der Waals surface area contributed by atoms with Gasteiger partial charge in [0.2, 0.25) is 0 Å². The summed E-state index contributed by atoms with van der Waals surface area (Å²) in [6.07, 6.45) is 2.62. The lowest BCUT2D eigenvalue weighted by Crippen LogP contribution is -2.44. The Hall–Kier alpha value is -1.35. The molecule has 0 radical (unpaired) electrons. The molecular weight excluding hydrogens is 234 g/mol. The Labute approximate surface area is 114 Å². The van der Waals surface area contributed by atoms with E-state index in [4.69, 9.17) is 0 Å². The molecule has 1 aliphatic rings. The minimum absolute atomic E-state index is 0.297. The third-order valence-electron chi connectivity index (χ3n) is 4.42. The van der Waals surface area contributed by atoms with Crippen molar-refractivity contribution in [1.29, 1.82) is 0 Å². The van der Waals surface area contributed by atoms with E-state index in [1.54, 1.807) is 0 Å². The fraction of sp³-hybridized carbons (Fsp3) is 0.562. The van der Waals surface area contributed by atoms with Crippen LogP contribution in [0.4, 0.5) is 0 Å². The van der Waals surface area contributed by atoms with Gasteiger partial charge in [-0.15, -0.1) is 0 Å². The number of benzene rings is 1. The smallest absolute Gasteiger partial charge is 0.124 e. The number of hydrogen-bond acceptors (Lipinski definition) is 2. The first kappa shape index (κ1) is 12.7. The quantitative estimate of drug-likeness (QED) is 0.877. The topological polar surface area (TPSA) is 40.7 Å². The number of fused-ring (bicyclic) bond motifs is 1. The predicted molar refractivity (Wildman–Crippen MR) is 79.0 cm³/mol. The van der Waals surface area contributed by atoms with Crippen LogP contribution in [0.3, 0.4) is 0 Å². The molecule has 3 heteroatoms. The Kier molecular flexibility index (Phi) is 3.31. The molecule has 3 nitrogen and oxygen atoms in total. The lowest BCUT2D eigenvalue weighted by molar-refractivity contribution is 0.158. The molecule has 0 spiro atoms. The molecule has 3 rings (SSSR count). The molecule has 0 amide bonds. The third kappa shape index (κ3) is 2.52. The van der Waals surface area contributed by atoms with Crippen molar-refractivity contribution >= 4 is 11.0 Å². The number of rotatable bonds is 4. The zero-order chi connectivity index (χ0) is 13.4. The summed E-state index contributed by atoms with van der Waals surface area (Å²) in [5, 5.41) is 3.68. The Balaban J connectivity index is 1.63. The summed E-state index contributed by atoms with van der Waals surface area (Å²) >= 11 is 0. The highest BCUT2D eigenvalue weighted by atomic mass is 15.0. The second-order valence-electron chi connectivity index (χ2n) is 6.20. The summed E-state index contributed by atoms with van der Waals surface area (Å²) in [6, 6.07) is 9.17. The second-order valence-corrected chi connectivity index (χ2v) is 6.20. The molecule has 0 saturated heterocycles. The van der Waals surface area contributed by atoms with Gasteiger partial charge in [0.1, 0.15) is 5.82 Å². The summed E-state index contributed by atoms with van der Waals surface area (Å²) in [6.45, 7) is 6.84.